The molecule has 0 unspecified atom stereocenters. The standard InChI is InChI=1S/C15H19BrN2OS/c1-15(2,3)14-18-10(9-20-14)8-17-13-7-11(19-4)5-6-12(13)16/h5-7,9,17H,8H2,1-4H3. The number of aromatic nitrogens is 1. The Balaban J connectivity index is 2.07. The van der Waals surface area contributed by atoms with Crippen LogP contribution >= 0.6 is 27.3 Å². The zero-order chi connectivity index (χ0) is 14.8. The minimum absolute atomic E-state index is 0.111. The molecule has 0 aliphatic rings. The van der Waals surface area contributed by atoms with Gasteiger partial charge < -0.3 is 10.1 Å². The third-order valence-electron chi connectivity index (χ3n) is 2.83. The van der Waals surface area contributed by atoms with Crippen LogP contribution in [0.3, 0.4) is 0 Å². The van der Waals surface area contributed by atoms with E-state index in [9.17, 15) is 0 Å². The van der Waals surface area contributed by atoms with Crippen molar-refractivity contribution < 1.29 is 4.74 Å². The number of ether oxygens (including phenoxy) is 1. The summed E-state index contributed by atoms with van der Waals surface area (Å²) in [5.74, 6) is 0.837. The van der Waals surface area contributed by atoms with Gasteiger partial charge in [0.05, 0.1) is 30.0 Å². The molecular formula is C15H19BrN2OS. The second-order valence-electron chi connectivity index (χ2n) is 5.59. The molecule has 0 spiro atoms. The monoisotopic (exact) mass is 354 g/mol. The highest BCUT2D eigenvalue weighted by Gasteiger charge is 2.17. The number of hydrogen-bond acceptors (Lipinski definition) is 4. The Hall–Kier alpha value is -1.07. The van der Waals surface area contributed by atoms with E-state index in [1.807, 2.05) is 18.2 Å². The Kier molecular flexibility index (Phi) is 4.70. The highest BCUT2D eigenvalue weighted by atomic mass is 79.9. The van der Waals surface area contributed by atoms with Crippen LogP contribution in [0.15, 0.2) is 28.1 Å². The van der Waals surface area contributed by atoms with Gasteiger partial charge >= 0.3 is 0 Å². The Bertz CT molecular complexity index is 590. The van der Waals surface area contributed by atoms with E-state index in [-0.39, 0.29) is 5.41 Å². The topological polar surface area (TPSA) is 34.1 Å². The Morgan fingerprint density at radius 3 is 2.70 bits per heavy atom. The fourth-order valence-electron chi connectivity index (χ4n) is 1.69. The van der Waals surface area contributed by atoms with Crippen LogP contribution in [-0.4, -0.2) is 12.1 Å². The first-order valence-electron chi connectivity index (χ1n) is 6.42. The van der Waals surface area contributed by atoms with Crippen molar-refractivity contribution in [2.45, 2.75) is 32.7 Å². The van der Waals surface area contributed by atoms with Gasteiger partial charge in [-0.15, -0.1) is 11.3 Å². The van der Waals surface area contributed by atoms with Crippen molar-refractivity contribution >= 4 is 33.0 Å². The summed E-state index contributed by atoms with van der Waals surface area (Å²) in [6, 6.07) is 5.87. The van der Waals surface area contributed by atoms with Crippen molar-refractivity contribution in [2.24, 2.45) is 0 Å². The van der Waals surface area contributed by atoms with Gasteiger partial charge in [-0.2, -0.15) is 0 Å². The molecule has 3 nitrogen and oxygen atoms in total. The van der Waals surface area contributed by atoms with Crippen LogP contribution < -0.4 is 10.1 Å². The van der Waals surface area contributed by atoms with E-state index in [1.165, 1.54) is 5.01 Å². The second kappa shape index (κ2) is 6.14. The Morgan fingerprint density at radius 1 is 1.35 bits per heavy atom. The maximum atomic E-state index is 5.24. The Labute approximate surface area is 132 Å². The molecular weight excluding hydrogens is 336 g/mol. The van der Waals surface area contributed by atoms with Crippen LogP contribution in [0.4, 0.5) is 5.69 Å². The van der Waals surface area contributed by atoms with Crippen LogP contribution in [0.5, 0.6) is 5.75 Å². The van der Waals surface area contributed by atoms with Crippen molar-refractivity contribution in [3.8, 4) is 5.75 Å². The number of hydrogen-bond donors (Lipinski definition) is 1. The van der Waals surface area contributed by atoms with E-state index < -0.39 is 0 Å². The number of nitrogens with zero attached hydrogens (tertiary/aromatic N) is 1. The molecule has 5 heteroatoms. The van der Waals surface area contributed by atoms with E-state index in [2.05, 4.69) is 52.4 Å². The number of thiazole rings is 1. The van der Waals surface area contributed by atoms with E-state index in [0.29, 0.717) is 6.54 Å². The lowest BCUT2D eigenvalue weighted by Crippen LogP contribution is -2.11. The molecule has 0 fully saturated rings. The van der Waals surface area contributed by atoms with Gasteiger partial charge in [0.2, 0.25) is 0 Å². The van der Waals surface area contributed by atoms with Gasteiger partial charge in [0.25, 0.3) is 0 Å². The first kappa shape index (κ1) is 15.3. The Morgan fingerprint density at radius 2 is 2.10 bits per heavy atom. The number of halogens is 1. The molecule has 0 radical (unpaired) electrons. The molecule has 0 amide bonds. The molecule has 108 valence electrons. The van der Waals surface area contributed by atoms with Gasteiger partial charge in [-0.1, -0.05) is 20.8 Å². The summed E-state index contributed by atoms with van der Waals surface area (Å²) in [6.45, 7) is 7.25. The summed E-state index contributed by atoms with van der Waals surface area (Å²) in [5.41, 5.74) is 2.18. The van der Waals surface area contributed by atoms with Crippen molar-refractivity contribution in [3.63, 3.8) is 0 Å². The van der Waals surface area contributed by atoms with Gasteiger partial charge in [0.15, 0.2) is 0 Å². The van der Waals surface area contributed by atoms with Gasteiger partial charge in [0.1, 0.15) is 5.75 Å². The maximum absolute atomic E-state index is 5.24. The predicted molar refractivity (Wildman–Crippen MR) is 88.8 cm³/mol. The van der Waals surface area contributed by atoms with Crippen LogP contribution in [0.25, 0.3) is 0 Å². The molecule has 0 bridgehead atoms. The van der Waals surface area contributed by atoms with Crippen molar-refractivity contribution in [3.05, 3.63) is 38.8 Å². The molecule has 1 aromatic carbocycles. The molecule has 1 heterocycles. The highest BCUT2D eigenvalue weighted by Crippen LogP contribution is 2.29. The van der Waals surface area contributed by atoms with Gasteiger partial charge in [-0.25, -0.2) is 4.98 Å². The minimum atomic E-state index is 0.111. The van der Waals surface area contributed by atoms with Crippen LogP contribution in [-0.2, 0) is 12.0 Å². The largest absolute Gasteiger partial charge is 0.497 e. The minimum Gasteiger partial charge on any atom is -0.497 e. The molecule has 0 aliphatic carbocycles. The van der Waals surface area contributed by atoms with E-state index >= 15 is 0 Å². The summed E-state index contributed by atoms with van der Waals surface area (Å²) < 4.78 is 6.25. The van der Waals surface area contributed by atoms with E-state index in [4.69, 9.17) is 4.74 Å². The van der Waals surface area contributed by atoms with Crippen LogP contribution in [0, 0.1) is 0 Å². The third kappa shape index (κ3) is 3.73. The van der Waals surface area contributed by atoms with E-state index in [1.54, 1.807) is 18.4 Å². The summed E-state index contributed by atoms with van der Waals surface area (Å²) in [7, 11) is 1.67. The molecule has 2 rings (SSSR count). The normalized spacial score (nSPS) is 11.4. The molecule has 0 saturated heterocycles. The quantitative estimate of drug-likeness (QED) is 0.854. The summed E-state index contributed by atoms with van der Waals surface area (Å²) >= 11 is 5.25. The zero-order valence-electron chi connectivity index (χ0n) is 12.2. The molecule has 20 heavy (non-hydrogen) atoms. The van der Waals surface area contributed by atoms with Crippen LogP contribution in [0.1, 0.15) is 31.5 Å². The predicted octanol–water partition coefficient (Wildman–Crippen LogP) is 4.82. The van der Waals surface area contributed by atoms with Crippen LogP contribution in [0.2, 0.25) is 0 Å². The molecule has 1 aromatic heterocycles. The molecule has 2 aromatic rings. The van der Waals surface area contributed by atoms with Gasteiger partial charge in [-0.3, -0.25) is 0 Å². The zero-order valence-corrected chi connectivity index (χ0v) is 14.6. The lowest BCUT2D eigenvalue weighted by atomic mass is 9.98. The average molecular weight is 355 g/mol. The lowest BCUT2D eigenvalue weighted by Gasteiger charge is -2.13. The first-order valence-corrected chi connectivity index (χ1v) is 8.09. The van der Waals surface area contributed by atoms with Gasteiger partial charge in [-0.05, 0) is 28.1 Å². The summed E-state index contributed by atoms with van der Waals surface area (Å²) in [4.78, 5) is 4.68. The lowest BCUT2D eigenvalue weighted by molar-refractivity contribution is 0.415. The molecule has 1 N–H and O–H groups in total. The number of methoxy groups -OCH3 is 1. The third-order valence-corrected chi connectivity index (χ3v) is 4.84. The number of nitrogens with one attached hydrogen (secondary N) is 1. The number of benzene rings is 1. The number of anilines is 1. The first-order chi connectivity index (χ1) is 9.40. The van der Waals surface area contributed by atoms with E-state index in [0.717, 1.165) is 21.6 Å². The van der Waals surface area contributed by atoms with Crippen molar-refractivity contribution in [1.82, 2.24) is 4.98 Å². The average Bonchev–Trinajstić information content (AvgIpc) is 2.86. The number of rotatable bonds is 4. The fourth-order valence-corrected chi connectivity index (χ4v) is 2.98. The smallest absolute Gasteiger partial charge is 0.121 e. The van der Waals surface area contributed by atoms with Gasteiger partial charge in [0, 0.05) is 21.3 Å². The molecule has 0 saturated carbocycles. The molecule has 0 aliphatic heterocycles. The maximum Gasteiger partial charge on any atom is 0.121 e. The fraction of sp³-hybridized carbons (Fsp3) is 0.400. The second-order valence-corrected chi connectivity index (χ2v) is 7.31. The SMILES string of the molecule is COc1ccc(Br)c(NCc2csc(C(C)(C)C)n2)c1. The molecule has 0 atom stereocenters. The van der Waals surface area contributed by atoms with Crippen molar-refractivity contribution in [2.75, 3.05) is 12.4 Å². The summed E-state index contributed by atoms with van der Waals surface area (Å²) in [5, 5.41) is 6.66. The highest BCUT2D eigenvalue weighted by molar-refractivity contribution is 9.10. The van der Waals surface area contributed by atoms with Crippen molar-refractivity contribution in [1.29, 1.82) is 0 Å². The summed E-state index contributed by atoms with van der Waals surface area (Å²) in [6.07, 6.45) is 0.